The average molecular weight is 404 g/mol. The van der Waals surface area contributed by atoms with Crippen molar-refractivity contribution in [1.29, 1.82) is 0 Å². The van der Waals surface area contributed by atoms with Crippen LogP contribution in [0.1, 0.15) is 63.5 Å². The molecule has 2 rings (SSSR count). The van der Waals surface area contributed by atoms with Crippen LogP contribution in [0.3, 0.4) is 0 Å². The van der Waals surface area contributed by atoms with E-state index < -0.39 is 0 Å². The Hall–Kier alpha value is -1.71. The molecule has 0 amide bonds. The molecule has 0 heterocycles. The van der Waals surface area contributed by atoms with Crippen molar-refractivity contribution in [2.45, 2.75) is 65.5 Å². The fourth-order valence-corrected chi connectivity index (χ4v) is 3.34. The summed E-state index contributed by atoms with van der Waals surface area (Å²) in [4.78, 5) is 0. The largest absolute Gasteiger partial charge is 0.490 e. The van der Waals surface area contributed by atoms with Crippen molar-refractivity contribution in [2.24, 2.45) is 0 Å². The summed E-state index contributed by atoms with van der Waals surface area (Å²) in [6, 6.07) is 13.9. The summed E-state index contributed by atoms with van der Waals surface area (Å²) in [5.41, 5.74) is 2.09. The van der Waals surface area contributed by atoms with Crippen LogP contribution >= 0.6 is 11.6 Å². The highest BCUT2D eigenvalue weighted by Crippen LogP contribution is 2.32. The number of nitrogens with one attached hydrogen (secondary N) is 1. The lowest BCUT2D eigenvalue weighted by atomic mass is 10.1. The first-order chi connectivity index (χ1) is 13.8. The van der Waals surface area contributed by atoms with Crippen LogP contribution in [0.2, 0.25) is 5.02 Å². The third-order valence-corrected chi connectivity index (χ3v) is 5.08. The van der Waals surface area contributed by atoms with Crippen LogP contribution in [-0.4, -0.2) is 13.2 Å². The molecule has 3 nitrogen and oxygen atoms in total. The molecular formula is C24H34ClNO2. The van der Waals surface area contributed by atoms with E-state index in [4.69, 9.17) is 21.1 Å². The van der Waals surface area contributed by atoms with Gasteiger partial charge in [0.25, 0.3) is 0 Å². The van der Waals surface area contributed by atoms with Crippen molar-refractivity contribution < 1.29 is 9.47 Å². The second-order valence-corrected chi connectivity index (χ2v) is 7.41. The van der Waals surface area contributed by atoms with E-state index in [1.54, 1.807) is 0 Å². The Morgan fingerprint density at radius 3 is 2.36 bits per heavy atom. The zero-order valence-electron chi connectivity index (χ0n) is 17.3. The molecule has 0 saturated carbocycles. The van der Waals surface area contributed by atoms with Gasteiger partial charge in [-0.1, -0.05) is 81.0 Å². The second kappa shape index (κ2) is 13.5. The van der Waals surface area contributed by atoms with Crippen LogP contribution in [0.25, 0.3) is 0 Å². The van der Waals surface area contributed by atoms with Crippen LogP contribution in [0.5, 0.6) is 11.5 Å². The third-order valence-electron chi connectivity index (χ3n) is 4.71. The normalized spacial score (nSPS) is 10.8. The van der Waals surface area contributed by atoms with Gasteiger partial charge in [-0.25, -0.2) is 0 Å². The smallest absolute Gasteiger partial charge is 0.166 e. The monoisotopic (exact) mass is 403 g/mol. The molecule has 1 N–H and O–H groups in total. The highest BCUT2D eigenvalue weighted by Gasteiger charge is 2.12. The Bertz CT molecular complexity index is 690. The minimum Gasteiger partial charge on any atom is -0.490 e. The number of ether oxygens (including phenoxy) is 2. The van der Waals surface area contributed by atoms with Crippen molar-refractivity contribution in [3.8, 4) is 11.5 Å². The zero-order chi connectivity index (χ0) is 20.0. The second-order valence-electron chi connectivity index (χ2n) is 7.00. The van der Waals surface area contributed by atoms with Crippen molar-refractivity contribution in [3.63, 3.8) is 0 Å². The van der Waals surface area contributed by atoms with Gasteiger partial charge < -0.3 is 14.8 Å². The number of unbranched alkanes of at least 4 members (excludes halogenated alkanes) is 5. The van der Waals surface area contributed by atoms with Gasteiger partial charge >= 0.3 is 0 Å². The first-order valence-corrected chi connectivity index (χ1v) is 11.0. The van der Waals surface area contributed by atoms with E-state index in [1.165, 1.54) is 38.5 Å². The Kier molecular flexibility index (Phi) is 10.9. The van der Waals surface area contributed by atoms with E-state index >= 15 is 0 Å². The highest BCUT2D eigenvalue weighted by molar-refractivity contribution is 6.31. The molecule has 2 aromatic rings. The molecule has 0 fully saturated rings. The number of benzene rings is 2. The van der Waals surface area contributed by atoms with Gasteiger partial charge in [0.1, 0.15) is 6.61 Å². The molecule has 4 heteroatoms. The Balaban J connectivity index is 1.91. The number of hydrogen-bond donors (Lipinski definition) is 1. The summed E-state index contributed by atoms with van der Waals surface area (Å²) >= 11 is 6.27. The summed E-state index contributed by atoms with van der Waals surface area (Å²) < 4.78 is 12.0. The molecule has 0 atom stereocenters. The van der Waals surface area contributed by atoms with Crippen molar-refractivity contribution in [1.82, 2.24) is 5.32 Å². The van der Waals surface area contributed by atoms with Gasteiger partial charge in [-0.2, -0.15) is 0 Å². The predicted molar refractivity (Wildman–Crippen MR) is 118 cm³/mol. The molecule has 0 unspecified atom stereocenters. The Labute approximate surface area is 175 Å². The summed E-state index contributed by atoms with van der Waals surface area (Å²) in [6.45, 7) is 7.07. The maximum atomic E-state index is 6.27. The molecule has 154 valence electrons. The fraction of sp³-hybridized carbons (Fsp3) is 0.500. The quantitative estimate of drug-likeness (QED) is 0.353. The third kappa shape index (κ3) is 7.73. The highest BCUT2D eigenvalue weighted by atomic mass is 35.5. The fourth-order valence-electron chi connectivity index (χ4n) is 3.15. The van der Waals surface area contributed by atoms with E-state index in [2.05, 4.69) is 18.3 Å². The molecule has 0 aromatic heterocycles. The first kappa shape index (κ1) is 22.6. The molecule has 0 bridgehead atoms. The molecule has 0 aliphatic rings. The van der Waals surface area contributed by atoms with E-state index in [1.807, 2.05) is 43.3 Å². The lowest BCUT2D eigenvalue weighted by molar-refractivity contribution is 0.266. The van der Waals surface area contributed by atoms with E-state index in [0.29, 0.717) is 13.2 Å². The average Bonchev–Trinajstić information content (AvgIpc) is 2.70. The van der Waals surface area contributed by atoms with Crippen molar-refractivity contribution in [2.75, 3.05) is 13.2 Å². The molecule has 0 saturated heterocycles. The van der Waals surface area contributed by atoms with Gasteiger partial charge in [-0.05, 0) is 32.0 Å². The molecule has 0 aliphatic heterocycles. The van der Waals surface area contributed by atoms with Crippen LogP contribution < -0.4 is 14.8 Å². The molecule has 28 heavy (non-hydrogen) atoms. The number of rotatable bonds is 14. The minimum absolute atomic E-state index is 0.425. The summed E-state index contributed by atoms with van der Waals surface area (Å²) in [7, 11) is 0. The van der Waals surface area contributed by atoms with Gasteiger partial charge in [-0.3, -0.25) is 0 Å². The van der Waals surface area contributed by atoms with E-state index in [9.17, 15) is 0 Å². The zero-order valence-corrected chi connectivity index (χ0v) is 18.1. The summed E-state index contributed by atoms with van der Waals surface area (Å²) in [5, 5.41) is 4.27. The number of para-hydroxylation sites is 1. The van der Waals surface area contributed by atoms with Gasteiger partial charge in [0.15, 0.2) is 11.5 Å². The molecule has 0 radical (unpaired) electrons. The standard InChI is InChI=1S/C24H34ClNO2/c1-3-5-6-7-8-11-17-26-18-20-14-12-16-23(27-4-2)24(20)28-19-21-13-9-10-15-22(21)25/h9-10,12-16,26H,3-8,11,17-19H2,1-2H3. The van der Waals surface area contributed by atoms with E-state index in [0.717, 1.165) is 40.7 Å². The Morgan fingerprint density at radius 1 is 0.821 bits per heavy atom. The van der Waals surface area contributed by atoms with E-state index in [-0.39, 0.29) is 0 Å². The number of halogens is 1. The van der Waals surface area contributed by atoms with Crippen molar-refractivity contribution in [3.05, 3.63) is 58.6 Å². The van der Waals surface area contributed by atoms with Crippen LogP contribution in [0.4, 0.5) is 0 Å². The maximum absolute atomic E-state index is 6.27. The first-order valence-electron chi connectivity index (χ1n) is 10.6. The molecule has 0 spiro atoms. The van der Waals surface area contributed by atoms with Gasteiger partial charge in [0, 0.05) is 22.7 Å². The van der Waals surface area contributed by atoms with Crippen molar-refractivity contribution >= 4 is 11.6 Å². The molecular weight excluding hydrogens is 370 g/mol. The maximum Gasteiger partial charge on any atom is 0.166 e. The summed E-state index contributed by atoms with van der Waals surface area (Å²) in [5.74, 6) is 1.59. The predicted octanol–water partition coefficient (Wildman–Crippen LogP) is 6.77. The van der Waals surface area contributed by atoms with Gasteiger partial charge in [-0.15, -0.1) is 0 Å². The van der Waals surface area contributed by atoms with Gasteiger partial charge in [0.05, 0.1) is 6.61 Å². The minimum atomic E-state index is 0.425. The molecule has 0 aliphatic carbocycles. The lowest BCUT2D eigenvalue weighted by Gasteiger charge is -2.17. The lowest BCUT2D eigenvalue weighted by Crippen LogP contribution is -2.16. The SMILES string of the molecule is CCCCCCCCNCc1cccc(OCC)c1OCc1ccccc1Cl. The van der Waals surface area contributed by atoms with Crippen LogP contribution in [0.15, 0.2) is 42.5 Å². The topological polar surface area (TPSA) is 30.5 Å². The van der Waals surface area contributed by atoms with Crippen LogP contribution in [0, 0.1) is 0 Å². The van der Waals surface area contributed by atoms with Crippen LogP contribution in [-0.2, 0) is 13.2 Å². The Morgan fingerprint density at radius 2 is 1.57 bits per heavy atom. The summed E-state index contributed by atoms with van der Waals surface area (Å²) in [6.07, 6.45) is 7.84. The number of hydrogen-bond acceptors (Lipinski definition) is 3. The molecule has 2 aromatic carbocycles. The van der Waals surface area contributed by atoms with Gasteiger partial charge in [0.2, 0.25) is 0 Å².